The summed E-state index contributed by atoms with van der Waals surface area (Å²) < 4.78 is 39.1. The summed E-state index contributed by atoms with van der Waals surface area (Å²) in [5.74, 6) is 0. The molecule has 17 heteroatoms. The van der Waals surface area contributed by atoms with Gasteiger partial charge in [-0.15, -0.1) is 107 Å². The van der Waals surface area contributed by atoms with Crippen molar-refractivity contribution in [2.24, 2.45) is 0 Å². The normalized spacial score (nSPS) is 10.4. The van der Waals surface area contributed by atoms with Crippen molar-refractivity contribution in [2.45, 2.75) is 46.7 Å². The molecule has 12 rings (SSSR count). The van der Waals surface area contributed by atoms with Gasteiger partial charge in [-0.25, -0.2) is 13.4 Å². The molecule has 433 valence electrons. The Labute approximate surface area is 520 Å². The molecule has 12 aromatic rings. The Kier molecular flexibility index (Phi) is 30.2. The van der Waals surface area contributed by atoms with E-state index in [0.717, 1.165) is 86.4 Å². The number of benzene rings is 6. The maximum atomic E-state index is 9.08. The third-order valence-corrected chi connectivity index (χ3v) is 15.8. The fourth-order valence-electron chi connectivity index (χ4n) is 8.28. The third-order valence-electron chi connectivity index (χ3n) is 11.7. The van der Waals surface area contributed by atoms with Crippen LogP contribution in [-0.2, 0) is 50.3 Å². The maximum Gasteiger partial charge on any atom is 0.227 e. The Morgan fingerprint density at radius 3 is 1.27 bits per heavy atom. The molecule has 6 aromatic heterocycles. The molecule has 0 bridgehead atoms. The van der Waals surface area contributed by atoms with Crippen LogP contribution < -0.4 is 10.4 Å². The molecule has 0 aliphatic rings. The second-order valence-electron chi connectivity index (χ2n) is 19.5. The predicted octanol–water partition coefficient (Wildman–Crippen LogP) is 13.9. The first kappa shape index (κ1) is 72.3. The molecule has 11 nitrogen and oxygen atoms in total. The number of rotatable bonds is 6. The molecule has 0 unspecified atom stereocenters. The van der Waals surface area contributed by atoms with E-state index in [0.29, 0.717) is 17.7 Å². The minimum absolute atomic E-state index is 0. The number of furan rings is 2. The molecule has 0 amide bonds. The zero-order chi connectivity index (χ0) is 57.0. The molecule has 0 atom stereocenters. The van der Waals surface area contributed by atoms with Crippen LogP contribution in [-0.4, -0.2) is 88.2 Å². The second kappa shape index (κ2) is 34.7. The smallest absolute Gasteiger partial charge is 0.227 e. The fraction of sp³-hybridized carbons (Fsp3) is 0.152. The van der Waals surface area contributed by atoms with Crippen LogP contribution >= 0.6 is 0 Å². The summed E-state index contributed by atoms with van der Waals surface area (Å²) in [6.45, 7) is 14.1. The number of aliphatic hydroxyl groups is 2. The average molecular weight is 1510 g/mol. The maximum absolute atomic E-state index is 9.08. The quantitative estimate of drug-likeness (QED) is 0.0920. The van der Waals surface area contributed by atoms with Gasteiger partial charge in [0.2, 0.25) is 11.4 Å². The van der Waals surface area contributed by atoms with E-state index in [1.54, 1.807) is 12.4 Å². The van der Waals surface area contributed by atoms with Crippen molar-refractivity contribution in [3.63, 3.8) is 0 Å². The molecule has 0 saturated heterocycles. The van der Waals surface area contributed by atoms with Gasteiger partial charge in [0.15, 0.2) is 0 Å². The van der Waals surface area contributed by atoms with E-state index in [-0.39, 0.29) is 56.1 Å². The Hall–Kier alpha value is -6.85. The van der Waals surface area contributed by atoms with Crippen LogP contribution in [0.1, 0.15) is 7.43 Å². The van der Waals surface area contributed by atoms with E-state index in [1.165, 1.54) is 15.9 Å². The first-order chi connectivity index (χ1) is 38.0. The third kappa shape index (κ3) is 20.8. The molecule has 6 heterocycles. The van der Waals surface area contributed by atoms with Gasteiger partial charge in [0, 0.05) is 111 Å². The minimum atomic E-state index is -3.92. The van der Waals surface area contributed by atoms with Crippen molar-refractivity contribution >= 4 is 89.2 Å². The van der Waals surface area contributed by atoms with E-state index in [2.05, 4.69) is 140 Å². The molecule has 0 fully saturated rings. The van der Waals surface area contributed by atoms with Crippen LogP contribution in [0.25, 0.3) is 89.2 Å². The molecule has 0 saturated carbocycles. The van der Waals surface area contributed by atoms with Crippen LogP contribution in [0.3, 0.4) is 0 Å². The summed E-state index contributed by atoms with van der Waals surface area (Å²) in [6, 6.07) is 76.5. The molecular formula is C66H68BIr2N4O7SSi2-4. The van der Waals surface area contributed by atoms with Gasteiger partial charge in [-0.2, -0.15) is 0 Å². The van der Waals surface area contributed by atoms with E-state index < -0.39 is 26.3 Å². The molecule has 2 N–H and O–H groups in total. The average Bonchev–Trinajstić information content (AvgIpc) is 4.14. The SMILES string of the molecule is C.CO.CO.CS(=O)(=O)[O-].C[Si](C)(C)c1ccc[c-]c1-c1ccc2c(n1)oc1ccccc12.C[Si](C)(C)c1ccccc1-c1ccc2c(n1)oc1ccccc12.[B].[Ir].[Ir].[c-]1ccccc1-c1ccccn1.[c-]1ccccc1-c1ccccn1. The van der Waals surface area contributed by atoms with E-state index >= 15 is 0 Å². The standard InChI is InChI=1S/C20H19NOSi.C20H18NOSi.2C11H8N.CH4O3S.2CH4O.CH4.B.2Ir/c2*1-23(2,3)19-11-7-5-9-16(19)17-13-12-15-14-8-4-6-10-18(14)22-20(15)21-17;2*1-2-6-10(7-3-1)11-8-4-5-9-12-11;1-5(2,3)4;2*1-2;;;;/h4-13H,1-3H3;4-8,10-13H,1-3H3;2*1-6,8-9H;1H3,(H,2,3,4);2*2H,1H3;1H4;;;/q;3*-1;;;;;;;/p-1. The molecule has 83 heavy (non-hydrogen) atoms. The number of fused-ring (bicyclic) bond motifs is 6. The molecule has 5 radical (unpaired) electrons. The molecule has 6 aromatic carbocycles. The number of aliphatic hydroxyl groups excluding tert-OH is 2. The topological polar surface area (TPSA) is 175 Å². The van der Waals surface area contributed by atoms with Crippen LogP contribution in [0, 0.1) is 18.2 Å². The van der Waals surface area contributed by atoms with Crippen molar-refractivity contribution in [3.05, 3.63) is 231 Å². The van der Waals surface area contributed by atoms with Crippen molar-refractivity contribution in [1.29, 1.82) is 0 Å². The van der Waals surface area contributed by atoms with Gasteiger partial charge in [0.25, 0.3) is 0 Å². The monoisotopic (exact) mass is 1510 g/mol. The van der Waals surface area contributed by atoms with Crippen LogP contribution in [0.5, 0.6) is 0 Å². The Morgan fingerprint density at radius 2 is 0.831 bits per heavy atom. The van der Waals surface area contributed by atoms with Gasteiger partial charge in [-0.1, -0.05) is 149 Å². The number of para-hydroxylation sites is 2. The summed E-state index contributed by atoms with van der Waals surface area (Å²) in [5.41, 5.74) is 11.5. The van der Waals surface area contributed by atoms with E-state index in [9.17, 15) is 0 Å². The van der Waals surface area contributed by atoms with Crippen molar-refractivity contribution in [1.82, 2.24) is 19.9 Å². The van der Waals surface area contributed by atoms with Crippen molar-refractivity contribution in [3.8, 4) is 45.0 Å². The summed E-state index contributed by atoms with van der Waals surface area (Å²) in [7, 11) is -4.81. The molecule has 0 spiro atoms. The van der Waals surface area contributed by atoms with Crippen molar-refractivity contribution < 1.29 is 72.2 Å². The zero-order valence-electron chi connectivity index (χ0n) is 47.1. The Balaban J connectivity index is 0.000000366. The molecular weight excluding hydrogens is 1440 g/mol. The van der Waals surface area contributed by atoms with Gasteiger partial charge in [-0.05, 0) is 59.0 Å². The first-order valence-corrected chi connectivity index (χ1v) is 34.1. The Bertz CT molecular complexity index is 3600. The number of aromatic nitrogens is 4. The summed E-state index contributed by atoms with van der Waals surface area (Å²) >= 11 is 0. The summed E-state index contributed by atoms with van der Waals surface area (Å²) in [4.78, 5) is 18.0. The minimum Gasteiger partial charge on any atom is -0.748 e. The predicted molar refractivity (Wildman–Crippen MR) is 340 cm³/mol. The number of hydrogen-bond donors (Lipinski definition) is 2. The zero-order valence-corrected chi connectivity index (χ0v) is 54.7. The van der Waals surface area contributed by atoms with Gasteiger partial charge in [-0.3, -0.25) is 4.98 Å². The van der Waals surface area contributed by atoms with Gasteiger partial charge in [0.05, 0.1) is 23.9 Å². The molecule has 0 aliphatic carbocycles. The van der Waals surface area contributed by atoms with Crippen molar-refractivity contribution in [2.75, 3.05) is 20.5 Å². The van der Waals surface area contributed by atoms with Gasteiger partial charge in [0.1, 0.15) is 11.2 Å². The molecule has 0 aliphatic heterocycles. The first-order valence-electron chi connectivity index (χ1n) is 25.3. The summed E-state index contributed by atoms with van der Waals surface area (Å²) in [6.07, 6.45) is 4.18. The van der Waals surface area contributed by atoms with Gasteiger partial charge < -0.3 is 33.6 Å². The summed E-state index contributed by atoms with van der Waals surface area (Å²) in [5, 5.41) is 21.2. The number of pyridine rings is 4. The van der Waals surface area contributed by atoms with Crippen LogP contribution in [0.2, 0.25) is 39.3 Å². The second-order valence-corrected chi connectivity index (χ2v) is 31.0. The number of nitrogens with zero attached hydrogens (tertiary/aromatic N) is 4. The van der Waals surface area contributed by atoms with Crippen LogP contribution in [0.15, 0.2) is 221 Å². The van der Waals surface area contributed by atoms with E-state index in [4.69, 9.17) is 42.0 Å². The fourth-order valence-corrected chi connectivity index (χ4v) is 11.4. The largest absolute Gasteiger partial charge is 0.748 e. The Morgan fingerprint density at radius 1 is 0.446 bits per heavy atom. The van der Waals surface area contributed by atoms with E-state index in [1.807, 2.05) is 127 Å². The van der Waals surface area contributed by atoms with Gasteiger partial charge >= 0.3 is 0 Å². The number of hydrogen-bond acceptors (Lipinski definition) is 11. The van der Waals surface area contributed by atoms with Crippen LogP contribution in [0.4, 0.5) is 0 Å².